The number of pyridine rings is 1. The Morgan fingerprint density at radius 1 is 1.30 bits per heavy atom. The van der Waals surface area contributed by atoms with Gasteiger partial charge in [-0.05, 0) is 40.2 Å². The number of rotatable bonds is 1. The first-order valence-electron chi connectivity index (χ1n) is 8.00. The number of aromatic nitrogens is 1. The van der Waals surface area contributed by atoms with Crippen LogP contribution in [0.4, 0.5) is 11.5 Å². The molecular weight excluding hydrogens is 292 g/mol. The van der Waals surface area contributed by atoms with Crippen LogP contribution in [-0.4, -0.2) is 41.0 Å². The van der Waals surface area contributed by atoms with Crippen molar-refractivity contribution in [2.45, 2.75) is 52.1 Å². The number of fused-ring (bicyclic) bond motifs is 1. The van der Waals surface area contributed by atoms with Crippen LogP contribution in [0, 0.1) is 0 Å². The number of carbonyl (C=O) groups excluding carboxylic acids is 2. The largest absolute Gasteiger partial charge is 0.309 e. The number of piperazine rings is 1. The molecule has 0 unspecified atom stereocenters. The molecule has 0 spiro atoms. The summed E-state index contributed by atoms with van der Waals surface area (Å²) in [5, 5.41) is 3.40. The van der Waals surface area contributed by atoms with Crippen LogP contribution in [-0.2, 0) is 16.0 Å². The average Bonchev–Trinajstić information content (AvgIpc) is 2.85. The molecule has 1 saturated heterocycles. The molecule has 0 aliphatic carbocycles. The maximum absolute atomic E-state index is 12.9. The molecule has 1 fully saturated rings. The van der Waals surface area contributed by atoms with Crippen LogP contribution >= 0.6 is 0 Å². The lowest BCUT2D eigenvalue weighted by atomic mass is 9.90. The highest BCUT2D eigenvalue weighted by Gasteiger charge is 2.45. The van der Waals surface area contributed by atoms with Crippen LogP contribution in [0.1, 0.15) is 40.2 Å². The van der Waals surface area contributed by atoms with Gasteiger partial charge in [-0.25, -0.2) is 4.98 Å². The number of hydrogen-bond donors (Lipinski definition) is 1. The zero-order chi connectivity index (χ0) is 17.0. The van der Waals surface area contributed by atoms with Crippen LogP contribution < -0.4 is 15.1 Å². The Bertz CT molecular complexity index is 681. The summed E-state index contributed by atoms with van der Waals surface area (Å²) in [4.78, 5) is 32.6. The molecular formula is C17H24N4O2. The fourth-order valence-electron chi connectivity index (χ4n) is 3.77. The van der Waals surface area contributed by atoms with Gasteiger partial charge in [-0.1, -0.05) is 0 Å². The zero-order valence-corrected chi connectivity index (χ0v) is 14.4. The van der Waals surface area contributed by atoms with E-state index in [0.717, 1.165) is 17.7 Å². The van der Waals surface area contributed by atoms with Gasteiger partial charge in [-0.3, -0.25) is 19.8 Å². The van der Waals surface area contributed by atoms with E-state index in [2.05, 4.69) is 24.1 Å². The van der Waals surface area contributed by atoms with Crippen LogP contribution in [0.5, 0.6) is 0 Å². The van der Waals surface area contributed by atoms with E-state index in [0.29, 0.717) is 18.9 Å². The second-order valence-corrected chi connectivity index (χ2v) is 7.58. The van der Waals surface area contributed by atoms with E-state index in [1.54, 1.807) is 18.0 Å². The highest BCUT2D eigenvalue weighted by atomic mass is 16.2. The number of hydrogen-bond acceptors (Lipinski definition) is 4. The third-order valence-electron chi connectivity index (χ3n) is 4.50. The van der Waals surface area contributed by atoms with Gasteiger partial charge in [0.15, 0.2) is 0 Å². The quantitative estimate of drug-likeness (QED) is 0.852. The molecule has 0 atom stereocenters. The standard InChI is InChI=1S/C17H24N4O2/c1-11(22)20-9-7-12-13(6-8-18-14(12)20)21-10-16(2,3)19-17(4,5)15(21)23/h6,8,19H,7,9-10H2,1-5H3. The Kier molecular flexibility index (Phi) is 3.48. The van der Waals surface area contributed by atoms with Gasteiger partial charge in [0, 0.05) is 37.3 Å². The molecule has 6 nitrogen and oxygen atoms in total. The Labute approximate surface area is 136 Å². The summed E-state index contributed by atoms with van der Waals surface area (Å²) >= 11 is 0. The van der Waals surface area contributed by atoms with Crippen molar-refractivity contribution in [3.63, 3.8) is 0 Å². The molecule has 23 heavy (non-hydrogen) atoms. The summed E-state index contributed by atoms with van der Waals surface area (Å²) in [6.45, 7) is 10.8. The molecule has 6 heteroatoms. The van der Waals surface area contributed by atoms with E-state index in [1.165, 1.54) is 0 Å². The third kappa shape index (κ3) is 2.61. The SMILES string of the molecule is CC(=O)N1CCc2c(N3CC(C)(C)NC(C)(C)C3=O)ccnc21. The fourth-order valence-corrected chi connectivity index (χ4v) is 3.77. The van der Waals surface area contributed by atoms with Gasteiger partial charge in [0.25, 0.3) is 0 Å². The third-order valence-corrected chi connectivity index (χ3v) is 4.50. The minimum absolute atomic E-state index is 0.0132. The Morgan fingerprint density at radius 2 is 2.00 bits per heavy atom. The van der Waals surface area contributed by atoms with E-state index >= 15 is 0 Å². The summed E-state index contributed by atoms with van der Waals surface area (Å²) in [5.41, 5.74) is 1.05. The highest BCUT2D eigenvalue weighted by molar-refractivity contribution is 6.03. The summed E-state index contributed by atoms with van der Waals surface area (Å²) in [7, 11) is 0. The number of carbonyl (C=O) groups is 2. The van der Waals surface area contributed by atoms with Gasteiger partial charge < -0.3 is 4.90 Å². The lowest BCUT2D eigenvalue weighted by Gasteiger charge is -2.47. The van der Waals surface area contributed by atoms with E-state index in [-0.39, 0.29) is 17.4 Å². The van der Waals surface area contributed by atoms with Crippen LogP contribution in [0.25, 0.3) is 0 Å². The maximum Gasteiger partial charge on any atom is 0.246 e. The highest BCUT2D eigenvalue weighted by Crippen LogP contribution is 2.36. The first kappa shape index (κ1) is 15.9. The molecule has 2 amide bonds. The van der Waals surface area contributed by atoms with Crippen LogP contribution in [0.3, 0.4) is 0 Å². The van der Waals surface area contributed by atoms with Gasteiger partial charge in [0.05, 0.1) is 11.2 Å². The van der Waals surface area contributed by atoms with Gasteiger partial charge >= 0.3 is 0 Å². The average molecular weight is 316 g/mol. The van der Waals surface area contributed by atoms with Gasteiger partial charge in [-0.2, -0.15) is 0 Å². The van der Waals surface area contributed by atoms with Crippen molar-refractivity contribution in [2.75, 3.05) is 22.9 Å². The summed E-state index contributed by atoms with van der Waals surface area (Å²) < 4.78 is 0. The number of nitrogens with one attached hydrogen (secondary N) is 1. The minimum atomic E-state index is -0.628. The molecule has 3 rings (SSSR count). The predicted octanol–water partition coefficient (Wildman–Crippen LogP) is 1.48. The van der Waals surface area contributed by atoms with Crippen molar-refractivity contribution in [3.8, 4) is 0 Å². The fraction of sp³-hybridized carbons (Fsp3) is 0.588. The molecule has 0 radical (unpaired) electrons. The summed E-state index contributed by atoms with van der Waals surface area (Å²) in [6, 6.07) is 1.89. The molecule has 0 aromatic carbocycles. The van der Waals surface area contributed by atoms with Crippen LogP contribution in [0.15, 0.2) is 12.3 Å². The molecule has 1 N–H and O–H groups in total. The van der Waals surface area contributed by atoms with E-state index in [4.69, 9.17) is 0 Å². The molecule has 0 bridgehead atoms. The summed E-state index contributed by atoms with van der Waals surface area (Å²) in [5.74, 6) is 0.726. The van der Waals surface area contributed by atoms with Crippen molar-refractivity contribution in [1.82, 2.24) is 10.3 Å². The van der Waals surface area contributed by atoms with E-state index in [9.17, 15) is 9.59 Å². The Hall–Kier alpha value is -1.95. The van der Waals surface area contributed by atoms with Crippen molar-refractivity contribution < 1.29 is 9.59 Å². The number of amides is 2. The zero-order valence-electron chi connectivity index (χ0n) is 14.4. The first-order chi connectivity index (χ1) is 10.6. The smallest absolute Gasteiger partial charge is 0.246 e. The van der Waals surface area contributed by atoms with Crippen molar-refractivity contribution in [2.24, 2.45) is 0 Å². The van der Waals surface area contributed by atoms with Crippen molar-refractivity contribution in [1.29, 1.82) is 0 Å². The Morgan fingerprint density at radius 3 is 2.65 bits per heavy atom. The maximum atomic E-state index is 12.9. The normalized spacial score (nSPS) is 22.2. The molecule has 1 aromatic heterocycles. The Balaban J connectivity index is 2.06. The van der Waals surface area contributed by atoms with E-state index < -0.39 is 5.54 Å². The number of nitrogens with zero attached hydrogens (tertiary/aromatic N) is 3. The topological polar surface area (TPSA) is 65.5 Å². The molecule has 3 heterocycles. The van der Waals surface area contributed by atoms with Gasteiger partial charge in [0.2, 0.25) is 11.8 Å². The molecule has 2 aliphatic heterocycles. The second-order valence-electron chi connectivity index (χ2n) is 7.58. The molecule has 2 aliphatic rings. The van der Waals surface area contributed by atoms with Gasteiger partial charge in [0.1, 0.15) is 5.82 Å². The van der Waals surface area contributed by atoms with Crippen molar-refractivity contribution in [3.05, 3.63) is 17.8 Å². The van der Waals surface area contributed by atoms with Crippen molar-refractivity contribution >= 4 is 23.3 Å². The molecule has 0 saturated carbocycles. The first-order valence-corrected chi connectivity index (χ1v) is 8.00. The lowest BCUT2D eigenvalue weighted by molar-refractivity contribution is -0.126. The van der Waals surface area contributed by atoms with E-state index in [1.807, 2.05) is 24.8 Å². The molecule has 124 valence electrons. The van der Waals surface area contributed by atoms with Gasteiger partial charge in [-0.15, -0.1) is 0 Å². The molecule has 1 aromatic rings. The van der Waals surface area contributed by atoms with Crippen LogP contribution in [0.2, 0.25) is 0 Å². The predicted molar refractivity (Wildman–Crippen MR) is 89.6 cm³/mol. The number of anilines is 2. The second kappa shape index (κ2) is 5.03. The summed E-state index contributed by atoms with van der Waals surface area (Å²) in [6.07, 6.45) is 2.42. The minimum Gasteiger partial charge on any atom is -0.309 e. The monoisotopic (exact) mass is 316 g/mol. The lowest BCUT2D eigenvalue weighted by Crippen LogP contribution is -2.70.